The number of ketones is 2. The molecule has 4 nitrogen and oxygen atoms in total. The van der Waals surface area contributed by atoms with Crippen molar-refractivity contribution >= 4 is 29.6 Å². The molecule has 1 fully saturated rings. The molecule has 0 bridgehead atoms. The van der Waals surface area contributed by atoms with Crippen LogP contribution in [0.15, 0.2) is 68.8 Å². The maximum absolute atomic E-state index is 14.1. The van der Waals surface area contributed by atoms with Crippen molar-refractivity contribution in [3.8, 4) is 0 Å². The van der Waals surface area contributed by atoms with E-state index in [4.69, 9.17) is 4.99 Å². The van der Waals surface area contributed by atoms with Gasteiger partial charge in [-0.15, -0.1) is 0 Å². The molecule has 0 N–H and O–H groups in total. The van der Waals surface area contributed by atoms with Gasteiger partial charge in [0.05, 0.1) is 18.2 Å². The highest BCUT2D eigenvalue weighted by Gasteiger charge is 2.38. The Morgan fingerprint density at radius 2 is 1.92 bits per heavy atom. The van der Waals surface area contributed by atoms with Gasteiger partial charge in [-0.25, -0.2) is 4.39 Å². The quantitative estimate of drug-likeness (QED) is 0.455. The molecule has 37 heavy (non-hydrogen) atoms. The van der Waals surface area contributed by atoms with Gasteiger partial charge in [0, 0.05) is 29.8 Å². The van der Waals surface area contributed by atoms with Crippen LogP contribution in [0.3, 0.4) is 0 Å². The maximum Gasteiger partial charge on any atom is 0.141 e. The summed E-state index contributed by atoms with van der Waals surface area (Å²) in [5.41, 5.74) is 6.71. The first kappa shape index (κ1) is 25.4. The summed E-state index contributed by atoms with van der Waals surface area (Å²) in [5, 5.41) is 0. The number of allylic oxidation sites excluding steroid dienone is 5. The van der Waals surface area contributed by atoms with Gasteiger partial charge in [-0.05, 0) is 91.3 Å². The molecule has 1 aromatic carbocycles. The normalized spacial score (nSPS) is 27.3. The molecule has 0 radical (unpaired) electrons. The van der Waals surface area contributed by atoms with Crippen LogP contribution in [0.4, 0.5) is 4.39 Å². The first-order chi connectivity index (χ1) is 17.9. The molecule has 2 heterocycles. The minimum Gasteiger partial charge on any atom is -0.300 e. The lowest BCUT2D eigenvalue weighted by Crippen LogP contribution is -2.36. The average Bonchev–Trinajstić information content (AvgIpc) is 3.19. The summed E-state index contributed by atoms with van der Waals surface area (Å²) >= 11 is 0. The van der Waals surface area contributed by atoms with E-state index in [9.17, 15) is 14.0 Å². The van der Waals surface area contributed by atoms with E-state index in [1.54, 1.807) is 13.0 Å². The summed E-state index contributed by atoms with van der Waals surface area (Å²) in [6, 6.07) is 4.93. The molecular weight excluding hydrogens is 463 g/mol. The van der Waals surface area contributed by atoms with Gasteiger partial charge < -0.3 is 0 Å². The van der Waals surface area contributed by atoms with Crippen LogP contribution in [0.1, 0.15) is 64.0 Å². The molecular formula is C32H35FN2O2. The van der Waals surface area contributed by atoms with E-state index in [0.29, 0.717) is 13.0 Å². The number of rotatable bonds is 5. The second-order valence-electron chi connectivity index (χ2n) is 10.8. The zero-order chi connectivity index (χ0) is 26.1. The number of fused-ring (bicyclic) bond motifs is 2. The number of carbonyl (C=O) groups excluding carboxylic acids is 2. The van der Waals surface area contributed by atoms with Gasteiger partial charge >= 0.3 is 0 Å². The van der Waals surface area contributed by atoms with Crippen molar-refractivity contribution in [1.29, 1.82) is 0 Å². The fraction of sp³-hybridized carbons (Fsp3) is 0.438. The predicted molar refractivity (Wildman–Crippen MR) is 147 cm³/mol. The third-order valence-corrected chi connectivity index (χ3v) is 8.37. The van der Waals surface area contributed by atoms with Crippen LogP contribution in [0.5, 0.6) is 0 Å². The van der Waals surface area contributed by atoms with Gasteiger partial charge in [0.1, 0.15) is 17.4 Å². The van der Waals surface area contributed by atoms with E-state index in [0.717, 1.165) is 71.4 Å². The average molecular weight is 499 g/mol. The van der Waals surface area contributed by atoms with E-state index in [2.05, 4.69) is 30.1 Å². The van der Waals surface area contributed by atoms with Crippen molar-refractivity contribution in [3.63, 3.8) is 0 Å². The first-order valence-corrected chi connectivity index (χ1v) is 13.6. The number of aliphatic imine (C=N–C) groups is 2. The Bertz CT molecular complexity index is 1300. The lowest BCUT2D eigenvalue weighted by Gasteiger charge is -2.32. The molecule has 192 valence electrons. The van der Waals surface area contributed by atoms with Gasteiger partial charge in [-0.1, -0.05) is 38.1 Å². The zero-order valence-corrected chi connectivity index (χ0v) is 22.0. The summed E-state index contributed by atoms with van der Waals surface area (Å²) in [6.45, 7) is 6.27. The highest BCUT2D eigenvalue weighted by atomic mass is 19.1. The molecule has 2 aliphatic carbocycles. The summed E-state index contributed by atoms with van der Waals surface area (Å²) < 4.78 is 14.1. The molecule has 0 amide bonds. The second-order valence-corrected chi connectivity index (χ2v) is 10.8. The van der Waals surface area contributed by atoms with E-state index in [1.165, 1.54) is 6.07 Å². The van der Waals surface area contributed by atoms with Crippen LogP contribution < -0.4 is 0 Å². The smallest absolute Gasteiger partial charge is 0.141 e. The number of dihydropyridines is 1. The topological polar surface area (TPSA) is 58.9 Å². The monoisotopic (exact) mass is 498 g/mol. The van der Waals surface area contributed by atoms with Crippen molar-refractivity contribution in [2.45, 2.75) is 59.3 Å². The summed E-state index contributed by atoms with van der Waals surface area (Å²) in [5.74, 6) is 0.294. The highest BCUT2D eigenvalue weighted by molar-refractivity contribution is 6.08. The van der Waals surface area contributed by atoms with Crippen LogP contribution in [0, 0.1) is 29.5 Å². The maximum atomic E-state index is 14.1. The Morgan fingerprint density at radius 3 is 2.65 bits per heavy atom. The van der Waals surface area contributed by atoms with Crippen molar-refractivity contribution in [1.82, 2.24) is 0 Å². The van der Waals surface area contributed by atoms with Crippen LogP contribution in [-0.2, 0) is 16.0 Å². The van der Waals surface area contributed by atoms with Gasteiger partial charge in [-0.3, -0.25) is 19.6 Å². The minimum atomic E-state index is -0.260. The molecule has 4 aliphatic rings. The van der Waals surface area contributed by atoms with E-state index in [-0.39, 0.29) is 41.1 Å². The Morgan fingerprint density at radius 1 is 1.14 bits per heavy atom. The van der Waals surface area contributed by atoms with Crippen LogP contribution in [-0.4, -0.2) is 30.0 Å². The number of halogens is 1. The van der Waals surface area contributed by atoms with Crippen molar-refractivity contribution in [2.24, 2.45) is 33.7 Å². The number of hydrogen-bond acceptors (Lipinski definition) is 4. The van der Waals surface area contributed by atoms with Gasteiger partial charge in [0.25, 0.3) is 0 Å². The van der Waals surface area contributed by atoms with Crippen molar-refractivity contribution in [2.75, 3.05) is 6.54 Å². The number of Topliss-reactive ketones (excluding diaryl/α,β-unsaturated/α-hetero) is 2. The summed E-state index contributed by atoms with van der Waals surface area (Å²) in [4.78, 5) is 35.3. The SMILES string of the molecule is CCC(=O)C1C(C2CCC(C(C)=O)CC2)=NC2=C(C3=Cc4cc(F)ccc4CC=C3)C=NCC2=CC1C. The second kappa shape index (κ2) is 10.6. The predicted octanol–water partition coefficient (Wildman–Crippen LogP) is 6.67. The van der Waals surface area contributed by atoms with E-state index >= 15 is 0 Å². The third kappa shape index (κ3) is 5.14. The molecule has 2 unspecified atom stereocenters. The van der Waals surface area contributed by atoms with E-state index < -0.39 is 0 Å². The summed E-state index contributed by atoms with van der Waals surface area (Å²) in [6.07, 6.45) is 14.9. The van der Waals surface area contributed by atoms with Crippen LogP contribution in [0.2, 0.25) is 0 Å². The van der Waals surface area contributed by atoms with Crippen LogP contribution in [0.25, 0.3) is 6.08 Å². The standard InChI is InChI=1S/C32H35FN2O2/c1-4-29(37)30-19(2)14-26-17-34-18-28(24-7-5-6-22-12-13-27(33)16-25(22)15-24)31(26)35-32(30)23-10-8-21(9-11-23)20(3)36/h5,7,12-16,18-19,21,23,30H,4,6,8-11,17H2,1-3H3. The molecule has 1 aromatic rings. The number of nitrogens with zero attached hydrogens (tertiary/aromatic N) is 2. The largest absolute Gasteiger partial charge is 0.300 e. The molecule has 2 aliphatic heterocycles. The molecule has 1 saturated carbocycles. The highest BCUT2D eigenvalue weighted by Crippen LogP contribution is 2.39. The van der Waals surface area contributed by atoms with Gasteiger partial charge in [0.15, 0.2) is 0 Å². The molecule has 0 saturated heterocycles. The lowest BCUT2D eigenvalue weighted by molar-refractivity contribution is -0.122. The number of hydrogen-bond donors (Lipinski definition) is 0. The number of benzene rings is 1. The van der Waals surface area contributed by atoms with Crippen molar-refractivity contribution in [3.05, 3.63) is 75.8 Å². The third-order valence-electron chi connectivity index (χ3n) is 8.37. The Labute approximate surface area is 218 Å². The molecule has 5 heteroatoms. The van der Waals surface area contributed by atoms with E-state index in [1.807, 2.05) is 25.3 Å². The van der Waals surface area contributed by atoms with Gasteiger partial charge in [-0.2, -0.15) is 0 Å². The first-order valence-electron chi connectivity index (χ1n) is 13.6. The fourth-order valence-electron chi connectivity index (χ4n) is 6.30. The zero-order valence-electron chi connectivity index (χ0n) is 22.0. The molecule has 0 aromatic heterocycles. The Hall–Kier alpha value is -3.21. The lowest BCUT2D eigenvalue weighted by atomic mass is 9.72. The molecule has 2 atom stereocenters. The van der Waals surface area contributed by atoms with Crippen LogP contribution >= 0.6 is 0 Å². The Balaban J connectivity index is 1.64. The van der Waals surface area contributed by atoms with Crippen molar-refractivity contribution < 1.29 is 14.0 Å². The summed E-state index contributed by atoms with van der Waals surface area (Å²) in [7, 11) is 0. The Kier molecular flexibility index (Phi) is 7.32. The fourth-order valence-corrected chi connectivity index (χ4v) is 6.30. The molecule has 0 spiro atoms. The molecule has 5 rings (SSSR count). The van der Waals surface area contributed by atoms with Gasteiger partial charge in [0.2, 0.25) is 0 Å². The number of carbonyl (C=O) groups is 2. The minimum absolute atomic E-state index is 0.0206.